The Bertz CT molecular complexity index is 1310. The van der Waals surface area contributed by atoms with Gasteiger partial charge in [0.15, 0.2) is 0 Å². The minimum absolute atomic E-state index is 0.319. The van der Waals surface area contributed by atoms with Crippen LogP contribution in [0.15, 0.2) is 54.7 Å². The van der Waals surface area contributed by atoms with Crippen molar-refractivity contribution in [2.24, 2.45) is 0 Å². The van der Waals surface area contributed by atoms with Crippen LogP contribution in [0.3, 0.4) is 0 Å². The molecule has 1 aliphatic heterocycles. The molecule has 1 amide bonds. The molecule has 1 saturated heterocycles. The lowest BCUT2D eigenvalue weighted by atomic mass is 10.00. The van der Waals surface area contributed by atoms with Gasteiger partial charge >= 0.3 is 15.5 Å². The van der Waals surface area contributed by atoms with E-state index < -0.39 is 28.1 Å². The maximum Gasteiger partial charge on any atom is 0.511 e. The first-order chi connectivity index (χ1) is 16.1. The highest BCUT2D eigenvalue weighted by molar-refractivity contribution is 7.90. The van der Waals surface area contributed by atoms with Gasteiger partial charge in [-0.3, -0.25) is 9.78 Å². The third-order valence-corrected chi connectivity index (χ3v) is 7.00. The van der Waals surface area contributed by atoms with Crippen LogP contribution >= 0.6 is 0 Å². The zero-order valence-electron chi connectivity index (χ0n) is 18.2. The standard InChI is InChI=1S/C23H22F3N3O4S/c1-33-18-7-4-15(5-8-18)16-6-9-21-20(13-16)19(10-11-27-21)22(30)29-12-2-3-17(29)14-28-34(31,32)23(24,25)26/h4-11,13,17,28H,2-3,12,14H2,1H3. The Morgan fingerprint density at radius 3 is 2.53 bits per heavy atom. The molecular formula is C23H22F3N3O4S. The summed E-state index contributed by atoms with van der Waals surface area (Å²) in [5.74, 6) is 0.330. The highest BCUT2D eigenvalue weighted by Gasteiger charge is 2.46. The Morgan fingerprint density at radius 1 is 1.15 bits per heavy atom. The van der Waals surface area contributed by atoms with E-state index >= 15 is 0 Å². The van der Waals surface area contributed by atoms with Gasteiger partial charge in [0.25, 0.3) is 5.91 Å². The molecule has 1 atom stereocenters. The number of hydrogen-bond donors (Lipinski definition) is 1. The predicted octanol–water partition coefficient (Wildman–Crippen LogP) is 3.95. The Morgan fingerprint density at radius 2 is 1.85 bits per heavy atom. The van der Waals surface area contributed by atoms with E-state index in [1.54, 1.807) is 24.0 Å². The topological polar surface area (TPSA) is 88.6 Å². The van der Waals surface area contributed by atoms with E-state index in [1.807, 2.05) is 36.4 Å². The van der Waals surface area contributed by atoms with E-state index in [2.05, 4.69) is 4.98 Å². The van der Waals surface area contributed by atoms with Gasteiger partial charge in [0.1, 0.15) is 5.75 Å². The molecule has 180 valence electrons. The largest absolute Gasteiger partial charge is 0.511 e. The fourth-order valence-electron chi connectivity index (χ4n) is 4.05. The van der Waals surface area contributed by atoms with Crippen LogP contribution in [-0.2, 0) is 10.0 Å². The predicted molar refractivity (Wildman–Crippen MR) is 121 cm³/mol. The molecule has 3 aromatic rings. The number of hydrogen-bond acceptors (Lipinski definition) is 5. The number of amides is 1. The van der Waals surface area contributed by atoms with Gasteiger partial charge in [-0.25, -0.2) is 13.1 Å². The quantitative estimate of drug-likeness (QED) is 0.562. The Labute approximate surface area is 194 Å². The third kappa shape index (κ3) is 4.71. The molecule has 1 unspecified atom stereocenters. The zero-order valence-corrected chi connectivity index (χ0v) is 19.0. The van der Waals surface area contributed by atoms with Gasteiger partial charge in [-0.1, -0.05) is 18.2 Å². The number of benzene rings is 2. The molecule has 34 heavy (non-hydrogen) atoms. The van der Waals surface area contributed by atoms with Crippen molar-refractivity contribution in [1.29, 1.82) is 0 Å². The SMILES string of the molecule is COc1ccc(-c2ccc3nccc(C(=O)N4CCCC4CNS(=O)(=O)C(F)(F)F)c3c2)cc1. The summed E-state index contributed by atoms with van der Waals surface area (Å²) in [6.45, 7) is -0.188. The van der Waals surface area contributed by atoms with Crippen molar-refractivity contribution in [2.75, 3.05) is 20.2 Å². The minimum Gasteiger partial charge on any atom is -0.497 e. The summed E-state index contributed by atoms with van der Waals surface area (Å²) >= 11 is 0. The molecule has 2 aromatic carbocycles. The van der Waals surface area contributed by atoms with Gasteiger partial charge in [0.05, 0.1) is 18.2 Å². The summed E-state index contributed by atoms with van der Waals surface area (Å²) in [7, 11) is -3.90. The maximum absolute atomic E-state index is 13.4. The second kappa shape index (κ2) is 9.22. The first-order valence-electron chi connectivity index (χ1n) is 10.5. The van der Waals surface area contributed by atoms with Crippen LogP contribution in [0.25, 0.3) is 22.0 Å². The fraction of sp³-hybridized carbons (Fsp3) is 0.304. The lowest BCUT2D eigenvalue weighted by Crippen LogP contribution is -2.46. The molecule has 4 rings (SSSR count). The summed E-state index contributed by atoms with van der Waals surface area (Å²) in [6, 6.07) is 13.8. The number of aromatic nitrogens is 1. The number of likely N-dealkylation sites (tertiary alicyclic amines) is 1. The van der Waals surface area contributed by atoms with Gasteiger partial charge in [-0.2, -0.15) is 13.2 Å². The normalized spacial score (nSPS) is 16.7. The monoisotopic (exact) mass is 493 g/mol. The smallest absolute Gasteiger partial charge is 0.497 e. The molecule has 11 heteroatoms. The van der Waals surface area contributed by atoms with Crippen LogP contribution in [0, 0.1) is 0 Å². The summed E-state index contributed by atoms with van der Waals surface area (Å²) in [6.07, 6.45) is 2.45. The average molecular weight is 494 g/mol. The molecular weight excluding hydrogens is 471 g/mol. The van der Waals surface area contributed by atoms with Crippen LogP contribution in [0.2, 0.25) is 0 Å². The molecule has 0 radical (unpaired) electrons. The van der Waals surface area contributed by atoms with Crippen molar-refractivity contribution in [1.82, 2.24) is 14.6 Å². The lowest BCUT2D eigenvalue weighted by molar-refractivity contribution is -0.0448. The van der Waals surface area contributed by atoms with Crippen molar-refractivity contribution in [3.63, 3.8) is 0 Å². The maximum atomic E-state index is 13.4. The average Bonchev–Trinajstić information content (AvgIpc) is 3.30. The Balaban J connectivity index is 1.62. The molecule has 0 aliphatic carbocycles. The molecule has 1 aliphatic rings. The van der Waals surface area contributed by atoms with Gasteiger partial charge < -0.3 is 9.64 Å². The molecule has 7 nitrogen and oxygen atoms in total. The van der Waals surface area contributed by atoms with Crippen LogP contribution in [0.4, 0.5) is 13.2 Å². The number of carbonyl (C=O) groups excluding carboxylic acids is 1. The van der Waals surface area contributed by atoms with E-state index in [4.69, 9.17) is 4.74 Å². The lowest BCUT2D eigenvalue weighted by Gasteiger charge is -2.25. The summed E-state index contributed by atoms with van der Waals surface area (Å²) in [5.41, 5.74) is -2.69. The van der Waals surface area contributed by atoms with Gasteiger partial charge in [0.2, 0.25) is 0 Å². The molecule has 1 N–H and O–H groups in total. The highest BCUT2D eigenvalue weighted by atomic mass is 32.2. The Hall–Kier alpha value is -3.18. The van der Waals surface area contributed by atoms with Crippen LogP contribution in [-0.4, -0.2) is 56.0 Å². The summed E-state index contributed by atoms with van der Waals surface area (Å²) in [4.78, 5) is 19.2. The number of ether oxygens (including phenoxy) is 1. The molecule has 1 aromatic heterocycles. The number of rotatable bonds is 6. The highest BCUT2D eigenvalue weighted by Crippen LogP contribution is 2.29. The second-order valence-corrected chi connectivity index (χ2v) is 9.67. The van der Waals surface area contributed by atoms with Crippen molar-refractivity contribution >= 4 is 26.8 Å². The molecule has 0 bridgehead atoms. The number of fused-ring (bicyclic) bond motifs is 1. The summed E-state index contributed by atoms with van der Waals surface area (Å²) in [5, 5.41) is 0.599. The number of nitrogens with zero attached hydrogens (tertiary/aromatic N) is 2. The van der Waals surface area contributed by atoms with E-state index in [-0.39, 0.29) is 5.91 Å². The van der Waals surface area contributed by atoms with E-state index in [9.17, 15) is 26.4 Å². The van der Waals surface area contributed by atoms with E-state index in [0.29, 0.717) is 41.6 Å². The van der Waals surface area contributed by atoms with Crippen molar-refractivity contribution < 1.29 is 31.1 Å². The van der Waals surface area contributed by atoms with Gasteiger partial charge in [0, 0.05) is 30.7 Å². The molecule has 1 fully saturated rings. The minimum atomic E-state index is -5.48. The van der Waals surface area contributed by atoms with Crippen molar-refractivity contribution in [3.05, 3.63) is 60.3 Å². The number of halogens is 3. The number of nitrogens with one attached hydrogen (secondary N) is 1. The number of pyridine rings is 1. The molecule has 2 heterocycles. The van der Waals surface area contributed by atoms with Crippen molar-refractivity contribution in [2.45, 2.75) is 24.4 Å². The zero-order chi connectivity index (χ0) is 24.5. The fourth-order valence-corrected chi connectivity index (χ4v) is 4.63. The second-order valence-electron chi connectivity index (χ2n) is 7.91. The number of methoxy groups -OCH3 is 1. The molecule has 0 spiro atoms. The van der Waals surface area contributed by atoms with Crippen LogP contribution in [0.5, 0.6) is 5.75 Å². The van der Waals surface area contributed by atoms with Gasteiger partial charge in [-0.05, 0) is 54.3 Å². The van der Waals surface area contributed by atoms with Gasteiger partial charge in [-0.15, -0.1) is 0 Å². The Kier molecular flexibility index (Phi) is 6.50. The van der Waals surface area contributed by atoms with E-state index in [1.165, 1.54) is 11.1 Å². The third-order valence-electron chi connectivity index (χ3n) is 5.85. The first kappa shape index (κ1) is 24.0. The number of sulfonamides is 1. The van der Waals surface area contributed by atoms with Crippen molar-refractivity contribution in [3.8, 4) is 16.9 Å². The summed E-state index contributed by atoms with van der Waals surface area (Å²) < 4.78 is 67.6. The number of carbonyl (C=O) groups is 1. The van der Waals surface area contributed by atoms with Crippen LogP contribution < -0.4 is 9.46 Å². The van der Waals surface area contributed by atoms with E-state index in [0.717, 1.165) is 11.1 Å². The number of alkyl halides is 3. The first-order valence-corrected chi connectivity index (χ1v) is 12.0. The van der Waals surface area contributed by atoms with Crippen LogP contribution in [0.1, 0.15) is 23.2 Å². The molecule has 0 saturated carbocycles.